The number of nitrogens with zero attached hydrogens (tertiary/aromatic N) is 1. The van der Waals surface area contributed by atoms with Crippen molar-refractivity contribution < 1.29 is 12.6 Å². The summed E-state index contributed by atoms with van der Waals surface area (Å²) in [4.78, 5) is 0.0442. The van der Waals surface area contributed by atoms with E-state index < -0.39 is 10.1 Å². The minimum Gasteiger partial charge on any atom is -0.398 e. The molecular weight excluding hydrogens is 492 g/mol. The summed E-state index contributed by atoms with van der Waals surface area (Å²) >= 11 is 5.81. The summed E-state index contributed by atoms with van der Waals surface area (Å²) in [7, 11) is -1.62. The number of aryl methyl sites for hydroxylation is 1. The third kappa shape index (κ3) is 7.60. The van der Waals surface area contributed by atoms with Crippen LogP contribution >= 0.6 is 11.6 Å². The van der Waals surface area contributed by atoms with Crippen LogP contribution in [0.25, 0.3) is 22.2 Å². The highest BCUT2D eigenvalue weighted by Gasteiger charge is 2.16. The molecule has 0 aliphatic heterocycles. The van der Waals surface area contributed by atoms with Gasteiger partial charge in [-0.25, -0.2) is 0 Å². The van der Waals surface area contributed by atoms with E-state index in [1.54, 1.807) is 0 Å². The van der Waals surface area contributed by atoms with Gasteiger partial charge in [-0.2, -0.15) is 8.42 Å². The number of para-hydroxylation sites is 1. The van der Waals surface area contributed by atoms with Crippen LogP contribution in [0.4, 0.5) is 5.69 Å². The van der Waals surface area contributed by atoms with Crippen molar-refractivity contribution in [1.82, 2.24) is 4.57 Å². The zero-order chi connectivity index (χ0) is 26.0. The molecule has 0 aliphatic rings. The van der Waals surface area contributed by atoms with Gasteiger partial charge in [0.2, 0.25) is 0 Å². The van der Waals surface area contributed by atoms with Gasteiger partial charge in [0.15, 0.2) is 0 Å². The average Bonchev–Trinajstić information content (AvgIpc) is 3.22. The van der Waals surface area contributed by atoms with E-state index in [-0.39, 0.29) is 16.5 Å². The predicted octanol–water partition coefficient (Wildman–Crippen LogP) is 7.83. The molecule has 3 aromatic carbocycles. The second kappa shape index (κ2) is 13.5. The summed E-state index contributed by atoms with van der Waals surface area (Å²) in [6.07, 6.45) is 6.46. The minimum absolute atomic E-state index is 0.0442. The van der Waals surface area contributed by atoms with Crippen molar-refractivity contribution in [3.8, 4) is 11.3 Å². The summed E-state index contributed by atoms with van der Waals surface area (Å²) in [5, 5.41) is 1.51. The van der Waals surface area contributed by atoms with Crippen LogP contribution in [0.2, 0.25) is 5.02 Å². The molecule has 5 nitrogen and oxygen atoms in total. The molecule has 0 radical (unpaired) electrons. The average molecular weight is 527 g/mol. The van der Waals surface area contributed by atoms with E-state index in [0.29, 0.717) is 5.69 Å². The van der Waals surface area contributed by atoms with Crippen LogP contribution in [0.15, 0.2) is 83.8 Å². The summed E-state index contributed by atoms with van der Waals surface area (Å²) in [6, 6.07) is 25.4. The van der Waals surface area contributed by atoms with Gasteiger partial charge < -0.3 is 10.3 Å². The zero-order valence-electron chi connectivity index (χ0n) is 21.0. The van der Waals surface area contributed by atoms with E-state index in [4.69, 9.17) is 21.5 Å². The SMILES string of the molecule is CCCCCCCCOS(=O)(=O)c1ccc(N)c(Cl)c1.Cn1c(-c2ccccc2)cc2ccccc21. The van der Waals surface area contributed by atoms with Crippen LogP contribution < -0.4 is 5.73 Å². The van der Waals surface area contributed by atoms with E-state index in [1.807, 2.05) is 6.07 Å². The molecule has 192 valence electrons. The monoisotopic (exact) mass is 526 g/mol. The molecule has 0 saturated carbocycles. The van der Waals surface area contributed by atoms with Crippen molar-refractivity contribution in [1.29, 1.82) is 0 Å². The van der Waals surface area contributed by atoms with Gasteiger partial charge in [-0.1, -0.05) is 99.2 Å². The third-order valence-electron chi connectivity index (χ3n) is 6.02. The number of nitrogens with two attached hydrogens (primary N) is 1. The second-order valence-electron chi connectivity index (χ2n) is 8.74. The Morgan fingerprint density at radius 1 is 0.861 bits per heavy atom. The van der Waals surface area contributed by atoms with Crippen molar-refractivity contribution in [2.75, 3.05) is 12.3 Å². The van der Waals surface area contributed by atoms with E-state index >= 15 is 0 Å². The fraction of sp³-hybridized carbons (Fsp3) is 0.310. The van der Waals surface area contributed by atoms with Gasteiger partial charge in [-0.15, -0.1) is 0 Å². The molecule has 0 fully saturated rings. The number of halogens is 1. The number of fused-ring (bicyclic) bond motifs is 1. The standard InChI is InChI=1S/C15H13N.C14H22ClNO3S/c1-16-14-10-6-5-9-13(14)11-15(16)12-7-3-2-4-8-12;1-2-3-4-5-6-7-10-19-20(17,18)12-8-9-14(16)13(15)11-12/h2-11H,1H3;8-9,11H,2-7,10,16H2,1H3. The topological polar surface area (TPSA) is 74.3 Å². The number of hydrogen-bond acceptors (Lipinski definition) is 4. The Morgan fingerprint density at radius 3 is 2.22 bits per heavy atom. The molecule has 0 spiro atoms. The third-order valence-corrected chi connectivity index (χ3v) is 7.65. The summed E-state index contributed by atoms with van der Waals surface area (Å²) in [5.74, 6) is 0. The van der Waals surface area contributed by atoms with Crippen LogP contribution in [0.1, 0.15) is 45.4 Å². The molecule has 7 heteroatoms. The highest BCUT2D eigenvalue weighted by molar-refractivity contribution is 7.86. The molecule has 0 unspecified atom stereocenters. The molecule has 36 heavy (non-hydrogen) atoms. The largest absolute Gasteiger partial charge is 0.398 e. The number of rotatable bonds is 10. The first-order valence-electron chi connectivity index (χ1n) is 12.4. The minimum atomic E-state index is -3.74. The van der Waals surface area contributed by atoms with E-state index in [1.165, 1.54) is 59.6 Å². The molecule has 0 aliphatic carbocycles. The van der Waals surface area contributed by atoms with Crippen LogP contribution in [0.3, 0.4) is 0 Å². The molecule has 1 heterocycles. The van der Waals surface area contributed by atoms with Crippen LogP contribution in [-0.4, -0.2) is 19.6 Å². The Kier molecular flexibility index (Phi) is 10.4. The van der Waals surface area contributed by atoms with E-state index in [0.717, 1.165) is 19.3 Å². The Bertz CT molecular complexity index is 1350. The molecular formula is C29H35ClN2O3S. The highest BCUT2D eigenvalue weighted by Crippen LogP contribution is 2.27. The van der Waals surface area contributed by atoms with Gasteiger partial charge in [-0.05, 0) is 42.3 Å². The Morgan fingerprint density at radius 2 is 1.53 bits per heavy atom. The van der Waals surface area contributed by atoms with Crippen molar-refractivity contribution in [3.05, 3.63) is 83.9 Å². The first-order chi connectivity index (χ1) is 17.3. The first-order valence-corrected chi connectivity index (χ1v) is 14.2. The van der Waals surface area contributed by atoms with Gasteiger partial charge in [-0.3, -0.25) is 4.18 Å². The fourth-order valence-electron chi connectivity index (χ4n) is 3.96. The van der Waals surface area contributed by atoms with Gasteiger partial charge in [0.25, 0.3) is 10.1 Å². The van der Waals surface area contributed by atoms with Crippen LogP contribution in [0.5, 0.6) is 0 Å². The Balaban J connectivity index is 0.000000204. The van der Waals surface area contributed by atoms with Crippen LogP contribution in [0, 0.1) is 0 Å². The van der Waals surface area contributed by atoms with Gasteiger partial charge in [0.05, 0.1) is 22.2 Å². The number of nitrogen functional groups attached to an aromatic ring is 1. The lowest BCUT2D eigenvalue weighted by molar-refractivity contribution is 0.306. The molecule has 4 aromatic rings. The lowest BCUT2D eigenvalue weighted by atomic mass is 10.1. The molecule has 0 amide bonds. The number of hydrogen-bond donors (Lipinski definition) is 1. The van der Waals surface area contributed by atoms with Gasteiger partial charge >= 0.3 is 0 Å². The lowest BCUT2D eigenvalue weighted by Crippen LogP contribution is -2.08. The molecule has 0 saturated heterocycles. The van der Waals surface area contributed by atoms with E-state index in [2.05, 4.69) is 73.1 Å². The van der Waals surface area contributed by atoms with E-state index in [9.17, 15) is 8.42 Å². The number of anilines is 1. The quantitative estimate of drug-likeness (QED) is 0.130. The van der Waals surface area contributed by atoms with Gasteiger partial charge in [0, 0.05) is 23.6 Å². The maximum Gasteiger partial charge on any atom is 0.297 e. The summed E-state index contributed by atoms with van der Waals surface area (Å²) in [5.41, 5.74) is 9.70. The van der Waals surface area contributed by atoms with Crippen molar-refractivity contribution in [3.63, 3.8) is 0 Å². The first kappa shape index (κ1) is 27.8. The molecule has 4 rings (SSSR count). The molecule has 0 atom stereocenters. The predicted molar refractivity (Wildman–Crippen MR) is 151 cm³/mol. The smallest absolute Gasteiger partial charge is 0.297 e. The number of aromatic nitrogens is 1. The van der Waals surface area contributed by atoms with Crippen molar-refractivity contribution in [2.45, 2.75) is 50.3 Å². The zero-order valence-corrected chi connectivity index (χ0v) is 22.6. The van der Waals surface area contributed by atoms with Crippen LogP contribution in [-0.2, 0) is 21.3 Å². The molecule has 1 aromatic heterocycles. The van der Waals surface area contributed by atoms with Crippen molar-refractivity contribution in [2.24, 2.45) is 7.05 Å². The maximum atomic E-state index is 11.9. The molecule has 0 bridgehead atoms. The Hall–Kier alpha value is -2.80. The van der Waals surface area contributed by atoms with Gasteiger partial charge in [0.1, 0.15) is 0 Å². The second-order valence-corrected chi connectivity index (χ2v) is 10.8. The molecule has 2 N–H and O–H groups in total. The maximum absolute atomic E-state index is 11.9. The summed E-state index contributed by atoms with van der Waals surface area (Å²) in [6.45, 7) is 2.36. The normalized spacial score (nSPS) is 11.3. The lowest BCUT2D eigenvalue weighted by Gasteiger charge is -2.07. The fourth-order valence-corrected chi connectivity index (χ4v) is 5.17. The highest BCUT2D eigenvalue weighted by atomic mass is 35.5. The Labute approximate surface area is 220 Å². The number of benzene rings is 3. The summed E-state index contributed by atoms with van der Waals surface area (Å²) < 4.78 is 31.0. The number of unbranched alkanes of at least 4 members (excludes halogenated alkanes) is 5. The van der Waals surface area contributed by atoms with Crippen molar-refractivity contribution >= 4 is 38.3 Å².